The Hall–Kier alpha value is -1.48. The van der Waals surface area contributed by atoms with Gasteiger partial charge in [0.15, 0.2) is 6.23 Å². The van der Waals surface area contributed by atoms with Crippen LogP contribution in [0.3, 0.4) is 0 Å². The normalized spacial score (nSPS) is 32.9. The van der Waals surface area contributed by atoms with Gasteiger partial charge in [-0.05, 0) is 0 Å². The van der Waals surface area contributed by atoms with Crippen molar-refractivity contribution in [3.63, 3.8) is 0 Å². The molecule has 8 nitrogen and oxygen atoms in total. The van der Waals surface area contributed by atoms with Gasteiger partial charge in [-0.3, -0.25) is 0 Å². The van der Waals surface area contributed by atoms with Crippen LogP contribution in [0.4, 0.5) is 0 Å². The van der Waals surface area contributed by atoms with Gasteiger partial charge in [0.1, 0.15) is 18.3 Å². The minimum absolute atomic E-state index is 0.0530. The van der Waals surface area contributed by atoms with Gasteiger partial charge >= 0.3 is 5.97 Å². The van der Waals surface area contributed by atoms with Crippen LogP contribution in [0.5, 0.6) is 0 Å². The summed E-state index contributed by atoms with van der Waals surface area (Å²) in [5, 5.41) is 40.5. The highest BCUT2D eigenvalue weighted by Gasteiger charge is 2.43. The summed E-state index contributed by atoms with van der Waals surface area (Å²) in [4.78, 5) is 10.6. The first-order valence-electron chi connectivity index (χ1n) is 4.94. The van der Waals surface area contributed by atoms with Crippen molar-refractivity contribution in [3.05, 3.63) is 18.0 Å². The third-order valence-electron chi connectivity index (χ3n) is 2.63. The first kappa shape index (κ1) is 12.0. The smallest absolute Gasteiger partial charge is 0.338 e. The fourth-order valence-electron chi connectivity index (χ4n) is 1.69. The zero-order valence-electron chi connectivity index (χ0n) is 8.67. The number of aromatic nitrogens is 2. The lowest BCUT2D eigenvalue weighted by Gasteiger charge is -2.14. The summed E-state index contributed by atoms with van der Waals surface area (Å²) in [5.74, 6) is -1.15. The Morgan fingerprint density at radius 2 is 2.18 bits per heavy atom. The molecular formula is C9H12N2O6. The third kappa shape index (κ3) is 2.03. The maximum Gasteiger partial charge on any atom is 0.338 e. The van der Waals surface area contributed by atoms with Gasteiger partial charge in [-0.2, -0.15) is 5.10 Å². The van der Waals surface area contributed by atoms with Gasteiger partial charge < -0.3 is 25.2 Å². The minimum atomic E-state index is -1.27. The lowest BCUT2D eigenvalue weighted by molar-refractivity contribution is -0.0586. The van der Waals surface area contributed by atoms with E-state index in [1.807, 2.05) is 0 Å². The molecule has 4 atom stereocenters. The van der Waals surface area contributed by atoms with Gasteiger partial charge in [0, 0.05) is 6.20 Å². The molecule has 4 N–H and O–H groups in total. The Kier molecular flexibility index (Phi) is 3.11. The summed E-state index contributed by atoms with van der Waals surface area (Å²) in [7, 11) is 0. The van der Waals surface area contributed by atoms with Crippen LogP contribution in [0, 0.1) is 0 Å². The number of aliphatic hydroxyl groups is 3. The number of hydrogen-bond donors (Lipinski definition) is 4. The number of aromatic carboxylic acids is 1. The molecule has 2 rings (SSSR count). The van der Waals surface area contributed by atoms with Crippen LogP contribution in [-0.2, 0) is 4.74 Å². The van der Waals surface area contributed by atoms with Gasteiger partial charge in [-0.15, -0.1) is 0 Å². The Balaban J connectivity index is 2.19. The summed E-state index contributed by atoms with van der Waals surface area (Å²) in [6.07, 6.45) is -2.13. The van der Waals surface area contributed by atoms with E-state index in [1.165, 1.54) is 6.20 Å². The van der Waals surface area contributed by atoms with Crippen molar-refractivity contribution >= 4 is 5.97 Å². The number of nitrogens with zero attached hydrogens (tertiary/aromatic N) is 2. The number of aliphatic hydroxyl groups excluding tert-OH is 3. The summed E-state index contributed by atoms with van der Waals surface area (Å²) >= 11 is 0. The van der Waals surface area contributed by atoms with Gasteiger partial charge in [-0.1, -0.05) is 0 Å². The molecule has 1 aromatic rings. The number of carbonyl (C=O) groups is 1. The first-order chi connectivity index (χ1) is 8.04. The van der Waals surface area contributed by atoms with Crippen LogP contribution < -0.4 is 0 Å². The number of rotatable bonds is 3. The predicted molar refractivity (Wildman–Crippen MR) is 52.2 cm³/mol. The molecule has 94 valence electrons. The average Bonchev–Trinajstić information content (AvgIpc) is 2.87. The van der Waals surface area contributed by atoms with Gasteiger partial charge in [-0.25, -0.2) is 9.48 Å². The molecule has 0 unspecified atom stereocenters. The molecule has 0 radical (unpaired) electrons. The highest BCUT2D eigenvalue weighted by molar-refractivity contribution is 5.86. The zero-order valence-corrected chi connectivity index (χ0v) is 8.67. The molecule has 0 aliphatic carbocycles. The fraction of sp³-hybridized carbons (Fsp3) is 0.556. The van der Waals surface area contributed by atoms with Crippen molar-refractivity contribution in [2.45, 2.75) is 24.5 Å². The topological polar surface area (TPSA) is 125 Å². The van der Waals surface area contributed by atoms with E-state index in [4.69, 9.17) is 14.9 Å². The Morgan fingerprint density at radius 3 is 2.65 bits per heavy atom. The molecule has 1 saturated heterocycles. The first-order valence-corrected chi connectivity index (χ1v) is 4.94. The summed E-state index contributed by atoms with van der Waals surface area (Å²) < 4.78 is 6.28. The minimum Gasteiger partial charge on any atom is -0.478 e. The maximum atomic E-state index is 10.6. The molecule has 2 heterocycles. The molecule has 17 heavy (non-hydrogen) atoms. The van der Waals surface area contributed by atoms with E-state index in [0.717, 1.165) is 10.9 Å². The number of carboxylic acid groups (broad SMARTS) is 1. The summed E-state index contributed by atoms with van der Waals surface area (Å²) in [5.41, 5.74) is -0.0530. The van der Waals surface area contributed by atoms with Crippen LogP contribution in [0.15, 0.2) is 12.4 Å². The molecule has 0 saturated carbocycles. The highest BCUT2D eigenvalue weighted by Crippen LogP contribution is 2.28. The quantitative estimate of drug-likeness (QED) is 0.494. The van der Waals surface area contributed by atoms with E-state index in [9.17, 15) is 15.0 Å². The van der Waals surface area contributed by atoms with Crippen molar-refractivity contribution in [1.82, 2.24) is 9.78 Å². The van der Waals surface area contributed by atoms with Crippen molar-refractivity contribution in [2.75, 3.05) is 6.61 Å². The molecule has 1 aliphatic rings. The van der Waals surface area contributed by atoms with Gasteiger partial charge in [0.2, 0.25) is 0 Å². The molecule has 0 aromatic carbocycles. The molecule has 0 bridgehead atoms. The Bertz CT molecular complexity index is 419. The van der Waals surface area contributed by atoms with E-state index >= 15 is 0 Å². The number of carboxylic acids is 1. The second-order valence-corrected chi connectivity index (χ2v) is 3.74. The Labute approximate surface area is 95.7 Å². The average molecular weight is 244 g/mol. The number of ether oxygens (including phenoxy) is 1. The molecule has 1 fully saturated rings. The lowest BCUT2D eigenvalue weighted by Crippen LogP contribution is -2.33. The van der Waals surface area contributed by atoms with E-state index < -0.39 is 37.1 Å². The standard InChI is InChI=1S/C9H12N2O6/c12-3-5-6(13)7(14)8(17-5)11-2-4(1-10-11)9(15)16/h1-2,5-8,12-14H,3H2,(H,15,16)/t5-,6-,7-,8-/m1/s1. The Morgan fingerprint density at radius 1 is 1.47 bits per heavy atom. The zero-order chi connectivity index (χ0) is 12.6. The molecule has 0 spiro atoms. The lowest BCUT2D eigenvalue weighted by atomic mass is 10.1. The van der Waals surface area contributed by atoms with Gasteiger partial charge in [0.05, 0.1) is 18.4 Å². The van der Waals surface area contributed by atoms with Crippen LogP contribution >= 0.6 is 0 Å². The van der Waals surface area contributed by atoms with Crippen LogP contribution in [0.2, 0.25) is 0 Å². The van der Waals surface area contributed by atoms with Crippen LogP contribution in [-0.4, -0.2) is 61.1 Å². The van der Waals surface area contributed by atoms with Crippen molar-refractivity contribution in [1.29, 1.82) is 0 Å². The maximum absolute atomic E-state index is 10.6. The van der Waals surface area contributed by atoms with Crippen molar-refractivity contribution in [3.8, 4) is 0 Å². The molecule has 0 amide bonds. The molecule has 8 heteroatoms. The summed E-state index contributed by atoms with van der Waals surface area (Å²) in [6.45, 7) is -0.443. The van der Waals surface area contributed by atoms with E-state index in [2.05, 4.69) is 5.10 Å². The molecule has 1 aliphatic heterocycles. The third-order valence-corrected chi connectivity index (χ3v) is 2.63. The van der Waals surface area contributed by atoms with Gasteiger partial charge in [0.25, 0.3) is 0 Å². The van der Waals surface area contributed by atoms with Crippen molar-refractivity contribution in [2.24, 2.45) is 0 Å². The second kappa shape index (κ2) is 4.41. The molecule has 1 aromatic heterocycles. The number of hydrogen-bond acceptors (Lipinski definition) is 6. The highest BCUT2D eigenvalue weighted by atomic mass is 16.6. The predicted octanol–water partition coefficient (Wildman–Crippen LogP) is -1.81. The second-order valence-electron chi connectivity index (χ2n) is 3.74. The van der Waals surface area contributed by atoms with E-state index in [0.29, 0.717) is 0 Å². The largest absolute Gasteiger partial charge is 0.478 e. The van der Waals surface area contributed by atoms with E-state index in [1.54, 1.807) is 0 Å². The molecular weight excluding hydrogens is 232 g/mol. The monoisotopic (exact) mass is 244 g/mol. The fourth-order valence-corrected chi connectivity index (χ4v) is 1.69. The van der Waals surface area contributed by atoms with Crippen molar-refractivity contribution < 1.29 is 30.0 Å². The van der Waals surface area contributed by atoms with Crippen LogP contribution in [0.25, 0.3) is 0 Å². The SMILES string of the molecule is O=C(O)c1cnn([C@@H]2O[C@H](CO)[C@@H](O)[C@H]2O)c1. The van der Waals surface area contributed by atoms with Crippen LogP contribution in [0.1, 0.15) is 16.6 Å². The summed E-state index contributed by atoms with van der Waals surface area (Å²) in [6, 6.07) is 0. The van der Waals surface area contributed by atoms with E-state index in [-0.39, 0.29) is 5.56 Å².